The van der Waals surface area contributed by atoms with Crippen LogP contribution < -0.4 is 30.7 Å². The Labute approximate surface area is 209 Å². The molecule has 4 bridgehead atoms. The molecule has 4 rings (SSSR count). The van der Waals surface area contributed by atoms with Gasteiger partial charge in [-0.1, -0.05) is 17.9 Å². The minimum Gasteiger partial charge on any atom is -0.497 e. The lowest BCUT2D eigenvalue weighted by Crippen LogP contribution is -2.28. The van der Waals surface area contributed by atoms with Gasteiger partial charge in [0, 0.05) is 24.5 Å². The molecular weight excluding hydrogens is 482 g/mol. The number of fused-ring (bicyclic) bond motifs is 4. The molecule has 2 amide bonds. The molecule has 0 saturated carbocycles. The van der Waals surface area contributed by atoms with Gasteiger partial charge in [-0.25, -0.2) is 22.9 Å². The van der Waals surface area contributed by atoms with Crippen molar-refractivity contribution in [3.05, 3.63) is 60.3 Å². The van der Waals surface area contributed by atoms with E-state index in [1.54, 1.807) is 49.7 Å². The quantitative estimate of drug-likeness (QED) is 0.340. The molecule has 1 aliphatic rings. The second-order valence-electron chi connectivity index (χ2n) is 7.62. The van der Waals surface area contributed by atoms with Crippen LogP contribution in [-0.4, -0.2) is 51.2 Å². The standard InChI is InChI=1S/C24H25N7O4S/c1-35-20-10-8-18(9-11-20)30-24(32)26-12-3-5-17-16-27-23-29-19-6-2-7-21(15-19)36(33,34)28-14-4-13-25-22(17)31-23/h2,6-11,15-16,28H,4,12-14H2,1H3,(H2,26,30,32)(H2,25,27,29,31). The number of nitrogens with zero attached hydrogens (tertiary/aromatic N) is 2. The molecule has 0 unspecified atom stereocenters. The summed E-state index contributed by atoms with van der Waals surface area (Å²) in [6.45, 7) is 0.836. The second-order valence-corrected chi connectivity index (χ2v) is 9.39. The van der Waals surface area contributed by atoms with Crippen LogP contribution in [0.3, 0.4) is 0 Å². The van der Waals surface area contributed by atoms with E-state index in [1.807, 2.05) is 0 Å². The van der Waals surface area contributed by atoms with Gasteiger partial charge < -0.3 is 26.0 Å². The van der Waals surface area contributed by atoms with E-state index in [1.165, 1.54) is 12.1 Å². The Bertz CT molecular complexity index is 1400. The van der Waals surface area contributed by atoms with Crippen molar-refractivity contribution in [2.24, 2.45) is 0 Å². The summed E-state index contributed by atoms with van der Waals surface area (Å²) in [7, 11) is -2.04. The largest absolute Gasteiger partial charge is 0.497 e. The summed E-state index contributed by atoms with van der Waals surface area (Å²) >= 11 is 0. The summed E-state index contributed by atoms with van der Waals surface area (Å²) in [6, 6.07) is 13.0. The summed E-state index contributed by atoms with van der Waals surface area (Å²) in [5.74, 6) is 7.35. The fourth-order valence-corrected chi connectivity index (χ4v) is 4.36. The molecule has 5 N–H and O–H groups in total. The molecule has 0 fully saturated rings. The van der Waals surface area contributed by atoms with Gasteiger partial charge in [0.05, 0.1) is 30.3 Å². The third-order valence-corrected chi connectivity index (χ3v) is 6.49. The smallest absolute Gasteiger partial charge is 0.319 e. The van der Waals surface area contributed by atoms with Gasteiger partial charge in [-0.05, 0) is 48.9 Å². The Morgan fingerprint density at radius 3 is 2.81 bits per heavy atom. The van der Waals surface area contributed by atoms with Gasteiger partial charge in [-0.3, -0.25) is 0 Å². The van der Waals surface area contributed by atoms with E-state index in [0.717, 1.165) is 0 Å². The molecule has 2 aromatic carbocycles. The molecule has 0 spiro atoms. The number of hydrogen-bond donors (Lipinski definition) is 5. The SMILES string of the molecule is COc1ccc(NC(=O)NCC#Cc2cnc3nc2NCCCNS(=O)(=O)c2cccc(c2)N3)cc1. The summed E-state index contributed by atoms with van der Waals surface area (Å²) in [5, 5.41) is 11.6. The predicted molar refractivity (Wildman–Crippen MR) is 137 cm³/mol. The van der Waals surface area contributed by atoms with E-state index in [-0.39, 0.29) is 24.0 Å². The summed E-state index contributed by atoms with van der Waals surface area (Å²) in [4.78, 5) is 21.0. The first-order chi connectivity index (χ1) is 17.4. The number of hydrogen-bond acceptors (Lipinski definition) is 8. The lowest BCUT2D eigenvalue weighted by molar-refractivity contribution is 0.253. The van der Waals surface area contributed by atoms with Gasteiger partial charge in [0.1, 0.15) is 11.6 Å². The van der Waals surface area contributed by atoms with Crippen molar-refractivity contribution in [1.29, 1.82) is 0 Å². The van der Waals surface area contributed by atoms with E-state index in [0.29, 0.717) is 47.4 Å². The minimum atomic E-state index is -3.61. The van der Waals surface area contributed by atoms with E-state index in [9.17, 15) is 13.2 Å². The van der Waals surface area contributed by atoms with Gasteiger partial charge in [0.2, 0.25) is 16.0 Å². The van der Waals surface area contributed by atoms with Crippen molar-refractivity contribution in [3.8, 4) is 17.6 Å². The van der Waals surface area contributed by atoms with Crippen molar-refractivity contribution in [2.75, 3.05) is 42.7 Å². The Morgan fingerprint density at radius 2 is 2.00 bits per heavy atom. The molecule has 12 heteroatoms. The highest BCUT2D eigenvalue weighted by Gasteiger charge is 2.15. The number of ether oxygens (including phenoxy) is 1. The number of rotatable bonds is 3. The Hall–Kier alpha value is -4.34. The van der Waals surface area contributed by atoms with Crippen LogP contribution in [0, 0.1) is 11.8 Å². The lowest BCUT2D eigenvalue weighted by Gasteiger charge is -2.10. The fraction of sp³-hybridized carbons (Fsp3) is 0.208. The van der Waals surface area contributed by atoms with E-state index in [4.69, 9.17) is 4.74 Å². The molecule has 0 atom stereocenters. The number of sulfonamides is 1. The van der Waals surface area contributed by atoms with Crippen molar-refractivity contribution >= 4 is 39.2 Å². The van der Waals surface area contributed by atoms with Crippen LogP contribution in [0.2, 0.25) is 0 Å². The van der Waals surface area contributed by atoms with Gasteiger partial charge in [-0.2, -0.15) is 4.98 Å². The second kappa shape index (κ2) is 11.4. The summed E-state index contributed by atoms with van der Waals surface area (Å²) in [6.07, 6.45) is 2.10. The Morgan fingerprint density at radius 1 is 1.17 bits per heavy atom. The van der Waals surface area contributed by atoms with Crippen LogP contribution >= 0.6 is 0 Å². The number of benzene rings is 2. The van der Waals surface area contributed by atoms with E-state index in [2.05, 4.69) is 47.8 Å². The first-order valence-electron chi connectivity index (χ1n) is 11.1. The normalized spacial score (nSPS) is 14.1. The third kappa shape index (κ3) is 6.62. The van der Waals surface area contributed by atoms with Gasteiger partial charge in [0.15, 0.2) is 0 Å². The number of nitrogens with one attached hydrogen (secondary N) is 5. The van der Waals surface area contributed by atoms with Crippen molar-refractivity contribution in [3.63, 3.8) is 0 Å². The minimum absolute atomic E-state index is 0.107. The molecule has 0 saturated heterocycles. The number of carbonyl (C=O) groups is 1. The maximum absolute atomic E-state index is 12.5. The Balaban J connectivity index is 1.43. The maximum Gasteiger partial charge on any atom is 0.319 e. The molecule has 0 radical (unpaired) electrons. The third-order valence-electron chi connectivity index (χ3n) is 5.04. The molecule has 0 aliphatic carbocycles. The first-order valence-corrected chi connectivity index (χ1v) is 12.6. The molecule has 36 heavy (non-hydrogen) atoms. The zero-order chi connectivity index (χ0) is 25.4. The fourth-order valence-electron chi connectivity index (χ4n) is 3.24. The average Bonchev–Trinajstić information content (AvgIpc) is 2.88. The average molecular weight is 508 g/mol. The number of amides is 2. The zero-order valence-corrected chi connectivity index (χ0v) is 20.3. The van der Waals surface area contributed by atoms with Crippen LogP contribution in [0.5, 0.6) is 5.75 Å². The number of aromatic nitrogens is 2. The number of carbonyl (C=O) groups excluding carboxylic acids is 1. The molecule has 2 heterocycles. The summed E-state index contributed by atoms with van der Waals surface area (Å²) in [5.41, 5.74) is 1.71. The maximum atomic E-state index is 12.5. The molecular formula is C24H25N7O4S. The highest BCUT2D eigenvalue weighted by molar-refractivity contribution is 7.89. The number of methoxy groups -OCH3 is 1. The van der Waals surface area contributed by atoms with Crippen molar-refractivity contribution in [1.82, 2.24) is 20.0 Å². The monoisotopic (exact) mass is 507 g/mol. The van der Waals surface area contributed by atoms with Gasteiger partial charge in [-0.15, -0.1) is 0 Å². The molecule has 11 nitrogen and oxygen atoms in total. The Kier molecular flexibility index (Phi) is 7.84. The topological polar surface area (TPSA) is 146 Å². The highest BCUT2D eigenvalue weighted by Crippen LogP contribution is 2.21. The first kappa shape index (κ1) is 24.8. The van der Waals surface area contributed by atoms with E-state index < -0.39 is 10.0 Å². The van der Waals surface area contributed by atoms with Crippen LogP contribution in [-0.2, 0) is 10.0 Å². The van der Waals surface area contributed by atoms with Crippen molar-refractivity contribution < 1.29 is 17.9 Å². The van der Waals surface area contributed by atoms with Crippen LogP contribution in [0.4, 0.5) is 27.9 Å². The van der Waals surface area contributed by atoms with Crippen molar-refractivity contribution in [2.45, 2.75) is 11.3 Å². The summed E-state index contributed by atoms with van der Waals surface area (Å²) < 4.78 is 32.7. The van der Waals surface area contributed by atoms with E-state index >= 15 is 0 Å². The molecule has 3 aromatic rings. The van der Waals surface area contributed by atoms with Crippen LogP contribution in [0.15, 0.2) is 59.6 Å². The van der Waals surface area contributed by atoms with Crippen LogP contribution in [0.25, 0.3) is 0 Å². The molecule has 1 aliphatic heterocycles. The lowest BCUT2D eigenvalue weighted by atomic mass is 10.3. The van der Waals surface area contributed by atoms with Crippen LogP contribution in [0.1, 0.15) is 12.0 Å². The van der Waals surface area contributed by atoms with Gasteiger partial charge >= 0.3 is 6.03 Å². The molecule has 1 aromatic heterocycles. The highest BCUT2D eigenvalue weighted by atomic mass is 32.2. The molecule has 186 valence electrons. The number of urea groups is 1. The van der Waals surface area contributed by atoms with Gasteiger partial charge in [0.25, 0.3) is 0 Å². The zero-order valence-electron chi connectivity index (χ0n) is 19.5. The number of anilines is 4. The predicted octanol–water partition coefficient (Wildman–Crippen LogP) is 2.50.